The molecule has 0 unspecified atom stereocenters. The largest absolute Gasteiger partial charge is 0.309 e. The van der Waals surface area contributed by atoms with Crippen molar-refractivity contribution in [3.8, 4) is 16.8 Å². The van der Waals surface area contributed by atoms with Gasteiger partial charge in [-0.3, -0.25) is 0 Å². The minimum Gasteiger partial charge on any atom is -0.309 e. The van der Waals surface area contributed by atoms with E-state index in [0.29, 0.717) is 0 Å². The number of benzene rings is 4. The molecule has 0 N–H and O–H groups in total. The van der Waals surface area contributed by atoms with Gasteiger partial charge in [0.05, 0.1) is 11.0 Å². The van der Waals surface area contributed by atoms with Gasteiger partial charge in [0.15, 0.2) is 0 Å². The van der Waals surface area contributed by atoms with Crippen molar-refractivity contribution in [2.45, 2.75) is 6.92 Å². The van der Waals surface area contributed by atoms with E-state index in [2.05, 4.69) is 109 Å². The van der Waals surface area contributed by atoms with Crippen molar-refractivity contribution in [2.75, 3.05) is 0 Å². The maximum atomic E-state index is 2.37. The first kappa shape index (κ1) is 15.0. The fourth-order valence-corrected chi connectivity index (χ4v) is 3.90. The van der Waals surface area contributed by atoms with E-state index in [4.69, 9.17) is 0 Å². The van der Waals surface area contributed by atoms with Gasteiger partial charge in [-0.1, -0.05) is 72.3 Å². The summed E-state index contributed by atoms with van der Waals surface area (Å²) in [6.07, 6.45) is 0. The minimum atomic E-state index is 1.20. The van der Waals surface area contributed by atoms with Crippen LogP contribution in [0.1, 0.15) is 5.56 Å². The van der Waals surface area contributed by atoms with Gasteiger partial charge in [-0.2, -0.15) is 0 Å². The second-order valence-electron chi connectivity index (χ2n) is 6.76. The number of nitrogens with zero attached hydrogens (tertiary/aromatic N) is 1. The molecule has 0 bridgehead atoms. The number of para-hydroxylation sites is 1. The maximum absolute atomic E-state index is 2.37. The third kappa shape index (κ3) is 2.25. The van der Waals surface area contributed by atoms with Crippen molar-refractivity contribution >= 4 is 21.8 Å². The number of hydrogen-bond acceptors (Lipinski definition) is 0. The third-order valence-corrected chi connectivity index (χ3v) is 5.04. The molecule has 1 heteroatoms. The lowest BCUT2D eigenvalue weighted by Gasteiger charge is -2.08. The van der Waals surface area contributed by atoms with Gasteiger partial charge in [0, 0.05) is 16.5 Å². The molecule has 0 saturated heterocycles. The number of fused-ring (bicyclic) bond motifs is 3. The van der Waals surface area contributed by atoms with Crippen molar-refractivity contribution in [3.63, 3.8) is 0 Å². The number of rotatable bonds is 2. The SMILES string of the molecule is Cc1ccc2c(c1)c1c(-c3ccccc3)cccc1n2-c1ccccc1. The number of hydrogen-bond donors (Lipinski definition) is 0. The van der Waals surface area contributed by atoms with Gasteiger partial charge in [-0.15, -0.1) is 0 Å². The van der Waals surface area contributed by atoms with Crippen molar-refractivity contribution in [1.29, 1.82) is 0 Å². The molecule has 1 aromatic heterocycles. The van der Waals surface area contributed by atoms with E-state index in [-0.39, 0.29) is 0 Å². The molecule has 0 saturated carbocycles. The average molecular weight is 333 g/mol. The Hall–Kier alpha value is -3.32. The van der Waals surface area contributed by atoms with Crippen LogP contribution < -0.4 is 0 Å². The van der Waals surface area contributed by atoms with Crippen LogP contribution in [-0.2, 0) is 0 Å². The Bertz CT molecular complexity index is 1210. The summed E-state index contributed by atoms with van der Waals surface area (Å²) in [6.45, 7) is 2.16. The highest BCUT2D eigenvalue weighted by atomic mass is 15.0. The summed E-state index contributed by atoms with van der Waals surface area (Å²) in [4.78, 5) is 0. The second kappa shape index (κ2) is 5.89. The predicted octanol–water partition coefficient (Wildman–Crippen LogP) is 6.76. The summed E-state index contributed by atoms with van der Waals surface area (Å²) in [5, 5.41) is 2.63. The molecule has 0 fully saturated rings. The Morgan fingerprint density at radius 1 is 0.615 bits per heavy atom. The number of aromatic nitrogens is 1. The van der Waals surface area contributed by atoms with Gasteiger partial charge in [0.25, 0.3) is 0 Å². The Morgan fingerprint density at radius 3 is 2.12 bits per heavy atom. The van der Waals surface area contributed by atoms with Crippen LogP contribution in [0.2, 0.25) is 0 Å². The lowest BCUT2D eigenvalue weighted by Crippen LogP contribution is -1.93. The zero-order chi connectivity index (χ0) is 17.5. The van der Waals surface area contributed by atoms with Crippen molar-refractivity contribution in [2.24, 2.45) is 0 Å². The minimum absolute atomic E-state index is 1.20. The number of aryl methyl sites for hydroxylation is 1. The molecule has 1 nitrogen and oxygen atoms in total. The van der Waals surface area contributed by atoms with Crippen LogP contribution in [0, 0.1) is 6.92 Å². The van der Waals surface area contributed by atoms with E-state index < -0.39 is 0 Å². The molecule has 0 spiro atoms. The van der Waals surface area contributed by atoms with Crippen LogP contribution in [0.3, 0.4) is 0 Å². The van der Waals surface area contributed by atoms with Crippen LogP contribution in [0.5, 0.6) is 0 Å². The highest BCUT2D eigenvalue weighted by molar-refractivity contribution is 6.15. The molecule has 0 radical (unpaired) electrons. The lowest BCUT2D eigenvalue weighted by molar-refractivity contribution is 1.18. The first-order chi connectivity index (χ1) is 12.8. The quantitative estimate of drug-likeness (QED) is 0.336. The summed E-state index contributed by atoms with van der Waals surface area (Å²) in [6, 6.07) is 34.6. The molecule has 0 amide bonds. The van der Waals surface area contributed by atoms with Crippen LogP contribution in [-0.4, -0.2) is 4.57 Å². The smallest absolute Gasteiger partial charge is 0.0547 e. The molecule has 0 aliphatic heterocycles. The van der Waals surface area contributed by atoms with Crippen molar-refractivity contribution < 1.29 is 0 Å². The van der Waals surface area contributed by atoms with Crippen LogP contribution in [0.25, 0.3) is 38.6 Å². The van der Waals surface area contributed by atoms with E-state index in [1.807, 2.05) is 0 Å². The van der Waals surface area contributed by atoms with Gasteiger partial charge in [-0.05, 0) is 48.4 Å². The molecule has 0 atom stereocenters. The van der Waals surface area contributed by atoms with Gasteiger partial charge < -0.3 is 4.57 Å². The molecular weight excluding hydrogens is 314 g/mol. The van der Waals surface area contributed by atoms with Crippen molar-refractivity contribution in [1.82, 2.24) is 4.57 Å². The van der Waals surface area contributed by atoms with Gasteiger partial charge >= 0.3 is 0 Å². The van der Waals surface area contributed by atoms with E-state index in [1.54, 1.807) is 0 Å². The summed E-state index contributed by atoms with van der Waals surface area (Å²) >= 11 is 0. The standard InChI is InChI=1S/C25H19N/c1-18-15-16-23-22(17-18)25-21(19-9-4-2-5-10-19)13-8-14-24(25)26(23)20-11-6-3-7-12-20/h2-17H,1H3. The molecule has 1 heterocycles. The maximum Gasteiger partial charge on any atom is 0.0547 e. The highest BCUT2D eigenvalue weighted by Gasteiger charge is 2.15. The Morgan fingerprint density at radius 2 is 1.35 bits per heavy atom. The van der Waals surface area contributed by atoms with E-state index in [9.17, 15) is 0 Å². The van der Waals surface area contributed by atoms with Crippen molar-refractivity contribution in [3.05, 3.63) is 103 Å². The molecule has 124 valence electrons. The predicted molar refractivity (Wildman–Crippen MR) is 111 cm³/mol. The molecule has 5 rings (SSSR count). The first-order valence-corrected chi connectivity index (χ1v) is 8.97. The molecule has 0 aliphatic rings. The molecule has 4 aromatic carbocycles. The summed E-state index contributed by atoms with van der Waals surface area (Å²) in [7, 11) is 0. The van der Waals surface area contributed by atoms with E-state index in [1.165, 1.54) is 44.2 Å². The average Bonchev–Trinajstić information content (AvgIpc) is 3.03. The molecule has 0 aliphatic carbocycles. The summed E-state index contributed by atoms with van der Waals surface area (Å²) in [5.41, 5.74) is 7.52. The van der Waals surface area contributed by atoms with Gasteiger partial charge in [0.2, 0.25) is 0 Å². The fraction of sp³-hybridized carbons (Fsp3) is 0.0400. The lowest BCUT2D eigenvalue weighted by atomic mass is 9.99. The molecular formula is C25H19N. The Balaban J connectivity index is 1.97. The summed E-state index contributed by atoms with van der Waals surface area (Å²) in [5.74, 6) is 0. The fourth-order valence-electron chi connectivity index (χ4n) is 3.90. The molecule has 5 aromatic rings. The van der Waals surface area contributed by atoms with Gasteiger partial charge in [0.1, 0.15) is 0 Å². The zero-order valence-corrected chi connectivity index (χ0v) is 14.7. The third-order valence-electron chi connectivity index (χ3n) is 5.04. The topological polar surface area (TPSA) is 4.93 Å². The Kier molecular flexibility index (Phi) is 3.39. The monoisotopic (exact) mass is 333 g/mol. The van der Waals surface area contributed by atoms with Crippen LogP contribution >= 0.6 is 0 Å². The normalized spacial score (nSPS) is 11.3. The van der Waals surface area contributed by atoms with Crippen LogP contribution in [0.4, 0.5) is 0 Å². The second-order valence-corrected chi connectivity index (χ2v) is 6.76. The van der Waals surface area contributed by atoms with E-state index >= 15 is 0 Å². The van der Waals surface area contributed by atoms with Crippen LogP contribution in [0.15, 0.2) is 97.1 Å². The van der Waals surface area contributed by atoms with E-state index in [0.717, 1.165) is 0 Å². The highest BCUT2D eigenvalue weighted by Crippen LogP contribution is 2.38. The Labute approximate surface area is 153 Å². The summed E-state index contributed by atoms with van der Waals surface area (Å²) < 4.78 is 2.37. The molecule has 26 heavy (non-hydrogen) atoms. The zero-order valence-electron chi connectivity index (χ0n) is 14.7. The van der Waals surface area contributed by atoms with Gasteiger partial charge in [-0.25, -0.2) is 0 Å². The first-order valence-electron chi connectivity index (χ1n) is 8.97.